The van der Waals surface area contributed by atoms with Gasteiger partial charge in [0, 0.05) is 30.1 Å². The van der Waals surface area contributed by atoms with E-state index in [1.54, 1.807) is 37.4 Å². The van der Waals surface area contributed by atoms with Gasteiger partial charge in [0.05, 0.1) is 37.7 Å². The van der Waals surface area contributed by atoms with Crippen LogP contribution >= 0.6 is 23.2 Å². The Kier molecular flexibility index (Phi) is 7.24. The van der Waals surface area contributed by atoms with Crippen molar-refractivity contribution in [1.29, 1.82) is 0 Å². The van der Waals surface area contributed by atoms with Crippen LogP contribution in [-0.2, 0) is 4.79 Å². The summed E-state index contributed by atoms with van der Waals surface area (Å²) in [6.07, 6.45) is 0.226. The second-order valence-electron chi connectivity index (χ2n) is 5.26. The Bertz CT molecular complexity index is 784. The summed E-state index contributed by atoms with van der Waals surface area (Å²) < 4.78 is 15.7. The molecule has 0 aliphatic carbocycles. The van der Waals surface area contributed by atoms with Crippen LogP contribution in [0.15, 0.2) is 30.3 Å². The first-order valence-electron chi connectivity index (χ1n) is 7.77. The minimum Gasteiger partial charge on any atom is -0.495 e. The lowest BCUT2D eigenvalue weighted by molar-refractivity contribution is -0.116. The van der Waals surface area contributed by atoms with E-state index >= 15 is 0 Å². The molecule has 2 rings (SSSR count). The van der Waals surface area contributed by atoms with Gasteiger partial charge in [0.2, 0.25) is 5.91 Å². The molecule has 140 valence electrons. The Morgan fingerprint density at radius 3 is 2.27 bits per heavy atom. The third-order valence-electron chi connectivity index (χ3n) is 3.58. The number of anilines is 2. The predicted octanol–water partition coefficient (Wildman–Crippen LogP) is 4.46. The number of hydrogen-bond acceptors (Lipinski definition) is 5. The van der Waals surface area contributed by atoms with Gasteiger partial charge >= 0.3 is 0 Å². The van der Waals surface area contributed by atoms with Gasteiger partial charge in [0.1, 0.15) is 17.2 Å². The van der Waals surface area contributed by atoms with Crippen LogP contribution in [0.3, 0.4) is 0 Å². The summed E-state index contributed by atoms with van der Waals surface area (Å²) in [5.41, 5.74) is 1.21. The minimum absolute atomic E-state index is 0.193. The lowest BCUT2D eigenvalue weighted by Gasteiger charge is -2.14. The van der Waals surface area contributed by atoms with E-state index in [0.717, 1.165) is 5.69 Å². The van der Waals surface area contributed by atoms with Crippen molar-refractivity contribution >= 4 is 40.5 Å². The number of halogens is 2. The Balaban J connectivity index is 1.98. The SMILES string of the molecule is COc1cc(NC(=O)CCNc2cc(Cl)ccc2OC)c(OC)cc1Cl. The molecular weight excluding hydrogens is 379 g/mol. The molecule has 2 aromatic rings. The zero-order valence-electron chi connectivity index (χ0n) is 14.7. The molecule has 0 aliphatic heterocycles. The first-order chi connectivity index (χ1) is 12.5. The highest BCUT2D eigenvalue weighted by molar-refractivity contribution is 6.32. The van der Waals surface area contributed by atoms with Crippen molar-refractivity contribution in [2.45, 2.75) is 6.42 Å². The number of hydrogen-bond donors (Lipinski definition) is 2. The van der Waals surface area contributed by atoms with E-state index in [1.165, 1.54) is 14.2 Å². The molecule has 0 saturated carbocycles. The number of carbonyl (C=O) groups excluding carboxylic acids is 1. The molecule has 0 atom stereocenters. The van der Waals surface area contributed by atoms with Crippen LogP contribution in [0.25, 0.3) is 0 Å². The fourth-order valence-corrected chi connectivity index (χ4v) is 2.70. The first-order valence-corrected chi connectivity index (χ1v) is 8.52. The molecule has 2 aromatic carbocycles. The van der Waals surface area contributed by atoms with Gasteiger partial charge in [-0.3, -0.25) is 4.79 Å². The number of methoxy groups -OCH3 is 3. The average molecular weight is 399 g/mol. The molecule has 0 bridgehead atoms. The van der Waals surface area contributed by atoms with E-state index in [1.807, 2.05) is 0 Å². The topological polar surface area (TPSA) is 68.8 Å². The highest BCUT2D eigenvalue weighted by Gasteiger charge is 2.13. The molecule has 0 spiro atoms. The molecule has 0 aromatic heterocycles. The molecule has 0 fully saturated rings. The Morgan fingerprint density at radius 1 is 0.923 bits per heavy atom. The van der Waals surface area contributed by atoms with Gasteiger partial charge in [0.25, 0.3) is 0 Å². The number of ether oxygens (including phenoxy) is 3. The average Bonchev–Trinajstić information content (AvgIpc) is 2.63. The number of benzene rings is 2. The normalized spacial score (nSPS) is 10.2. The molecule has 0 aliphatic rings. The van der Waals surface area contributed by atoms with Crippen molar-refractivity contribution < 1.29 is 19.0 Å². The highest BCUT2D eigenvalue weighted by Crippen LogP contribution is 2.36. The van der Waals surface area contributed by atoms with Crippen molar-refractivity contribution in [3.63, 3.8) is 0 Å². The quantitative estimate of drug-likeness (QED) is 0.686. The van der Waals surface area contributed by atoms with Gasteiger partial charge in [-0.05, 0) is 18.2 Å². The van der Waals surface area contributed by atoms with Crippen LogP contribution in [0, 0.1) is 0 Å². The summed E-state index contributed by atoms with van der Waals surface area (Å²) in [6, 6.07) is 8.44. The fourth-order valence-electron chi connectivity index (χ4n) is 2.30. The van der Waals surface area contributed by atoms with Crippen LogP contribution in [0.2, 0.25) is 10.0 Å². The molecule has 6 nitrogen and oxygen atoms in total. The lowest BCUT2D eigenvalue weighted by Crippen LogP contribution is -2.17. The third-order valence-corrected chi connectivity index (χ3v) is 4.11. The van der Waals surface area contributed by atoms with Gasteiger partial charge in [-0.2, -0.15) is 0 Å². The van der Waals surface area contributed by atoms with Gasteiger partial charge in [0.15, 0.2) is 0 Å². The monoisotopic (exact) mass is 398 g/mol. The van der Waals surface area contributed by atoms with Crippen LogP contribution in [0.5, 0.6) is 17.2 Å². The first kappa shape index (κ1) is 20.0. The van der Waals surface area contributed by atoms with E-state index in [-0.39, 0.29) is 12.3 Å². The standard InChI is InChI=1S/C18H20Cl2N2O4/c1-24-15-5-4-11(19)8-13(15)21-7-6-18(23)22-14-10-16(25-2)12(20)9-17(14)26-3/h4-5,8-10,21H,6-7H2,1-3H3,(H,22,23). The summed E-state index contributed by atoms with van der Waals surface area (Å²) in [5.74, 6) is 1.36. The molecule has 2 N–H and O–H groups in total. The van der Waals surface area contributed by atoms with Gasteiger partial charge in [-0.25, -0.2) is 0 Å². The van der Waals surface area contributed by atoms with Gasteiger partial charge in [-0.15, -0.1) is 0 Å². The van der Waals surface area contributed by atoms with Gasteiger partial charge < -0.3 is 24.8 Å². The highest BCUT2D eigenvalue weighted by atomic mass is 35.5. The summed E-state index contributed by atoms with van der Waals surface area (Å²) in [4.78, 5) is 12.2. The van der Waals surface area contributed by atoms with E-state index in [9.17, 15) is 4.79 Å². The second kappa shape index (κ2) is 9.40. The Morgan fingerprint density at radius 2 is 1.62 bits per heavy atom. The van der Waals surface area contributed by atoms with Crippen LogP contribution in [0.1, 0.15) is 6.42 Å². The minimum atomic E-state index is -0.193. The zero-order valence-corrected chi connectivity index (χ0v) is 16.2. The fraction of sp³-hybridized carbons (Fsp3) is 0.278. The van der Waals surface area contributed by atoms with E-state index in [0.29, 0.717) is 39.5 Å². The van der Waals surface area contributed by atoms with Crippen LogP contribution < -0.4 is 24.8 Å². The van der Waals surface area contributed by atoms with E-state index in [2.05, 4.69) is 10.6 Å². The van der Waals surface area contributed by atoms with Crippen molar-refractivity contribution in [3.8, 4) is 17.2 Å². The molecule has 0 saturated heterocycles. The maximum absolute atomic E-state index is 12.2. The van der Waals surface area contributed by atoms with Crippen LogP contribution in [-0.4, -0.2) is 33.8 Å². The summed E-state index contributed by atoms with van der Waals surface area (Å²) in [6.45, 7) is 0.398. The van der Waals surface area contributed by atoms with Gasteiger partial charge in [-0.1, -0.05) is 23.2 Å². The summed E-state index contributed by atoms with van der Waals surface area (Å²) in [5, 5.41) is 6.90. The molecule has 0 heterocycles. The van der Waals surface area contributed by atoms with E-state index < -0.39 is 0 Å². The Labute approximate surface area is 162 Å². The third kappa shape index (κ3) is 5.09. The predicted molar refractivity (Wildman–Crippen MR) is 104 cm³/mol. The largest absolute Gasteiger partial charge is 0.495 e. The van der Waals surface area contributed by atoms with Crippen molar-refractivity contribution in [1.82, 2.24) is 0 Å². The molecule has 0 unspecified atom stereocenters. The maximum atomic E-state index is 12.2. The molecule has 26 heavy (non-hydrogen) atoms. The smallest absolute Gasteiger partial charge is 0.226 e. The summed E-state index contributed by atoms with van der Waals surface area (Å²) in [7, 11) is 4.57. The number of carbonyl (C=O) groups is 1. The van der Waals surface area contributed by atoms with Crippen molar-refractivity contribution in [3.05, 3.63) is 40.4 Å². The number of nitrogens with one attached hydrogen (secondary N) is 2. The Hall–Kier alpha value is -2.31. The maximum Gasteiger partial charge on any atom is 0.226 e. The lowest BCUT2D eigenvalue weighted by atomic mass is 10.2. The zero-order chi connectivity index (χ0) is 19.1. The van der Waals surface area contributed by atoms with Crippen molar-refractivity contribution in [2.24, 2.45) is 0 Å². The molecule has 1 amide bonds. The molecule has 0 radical (unpaired) electrons. The van der Waals surface area contributed by atoms with E-state index in [4.69, 9.17) is 37.4 Å². The molecule has 8 heteroatoms. The van der Waals surface area contributed by atoms with Crippen molar-refractivity contribution in [2.75, 3.05) is 38.5 Å². The van der Waals surface area contributed by atoms with Crippen LogP contribution in [0.4, 0.5) is 11.4 Å². The molecular formula is C18H20Cl2N2O4. The number of rotatable bonds is 8. The number of amides is 1. The summed E-state index contributed by atoms with van der Waals surface area (Å²) >= 11 is 12.0. The second-order valence-corrected chi connectivity index (χ2v) is 6.10.